The Kier molecular flexibility index (Phi) is 6.46. The molecule has 0 aromatic rings. The van der Waals surface area contributed by atoms with Crippen molar-refractivity contribution in [3.05, 3.63) is 42.2 Å². The van der Waals surface area contributed by atoms with Crippen LogP contribution in [0, 0.1) is 0 Å². The first kappa shape index (κ1) is 10.0. The molecule has 0 spiro atoms. The molecule has 0 atom stereocenters. The zero-order chi connectivity index (χ0) is 8.53. The monoisotopic (exact) mass is 148 g/mol. The van der Waals surface area contributed by atoms with E-state index in [9.17, 15) is 0 Å². The van der Waals surface area contributed by atoms with Crippen LogP contribution in [0.15, 0.2) is 42.2 Å². The molecule has 0 rings (SSSR count). The van der Waals surface area contributed by atoms with Crippen LogP contribution < -0.4 is 0 Å². The average molecular weight is 148 g/mol. The van der Waals surface area contributed by atoms with Crippen LogP contribution >= 0.6 is 0 Å². The van der Waals surface area contributed by atoms with Crippen molar-refractivity contribution < 1.29 is 0 Å². The maximum Gasteiger partial charge on any atom is -0.0141 e. The predicted octanol–water partition coefficient (Wildman–Crippen LogP) is 3.63. The molecule has 0 saturated heterocycles. The van der Waals surface area contributed by atoms with Crippen molar-refractivity contribution in [1.82, 2.24) is 0 Å². The average Bonchev–Trinajstić information content (AvgIpc) is 1.96. The SMILES string of the molecule is C=C(C)CC=CC=C=CCC. The van der Waals surface area contributed by atoms with Crippen molar-refractivity contribution in [2.75, 3.05) is 0 Å². The molecule has 0 heterocycles. The lowest BCUT2D eigenvalue weighted by Gasteiger charge is -1.85. The van der Waals surface area contributed by atoms with E-state index in [1.807, 2.05) is 25.2 Å². The summed E-state index contributed by atoms with van der Waals surface area (Å²) in [7, 11) is 0. The van der Waals surface area contributed by atoms with Gasteiger partial charge in [0.15, 0.2) is 0 Å². The molecule has 0 fully saturated rings. The number of rotatable bonds is 4. The molecule has 0 radical (unpaired) electrons. The lowest BCUT2D eigenvalue weighted by atomic mass is 10.2. The molecule has 0 unspecified atom stereocenters. The summed E-state index contributed by atoms with van der Waals surface area (Å²) in [5, 5.41) is 0. The summed E-state index contributed by atoms with van der Waals surface area (Å²) in [5.74, 6) is 0. The number of allylic oxidation sites excluding steroid dienone is 4. The molecule has 0 amide bonds. The van der Waals surface area contributed by atoms with Gasteiger partial charge < -0.3 is 0 Å². The first-order valence-electron chi connectivity index (χ1n) is 3.97. The second-order valence-electron chi connectivity index (χ2n) is 2.54. The van der Waals surface area contributed by atoms with E-state index < -0.39 is 0 Å². The van der Waals surface area contributed by atoms with Gasteiger partial charge in [-0.25, -0.2) is 0 Å². The molecular weight excluding hydrogens is 132 g/mol. The first-order chi connectivity index (χ1) is 5.27. The smallest absolute Gasteiger partial charge is 0.0141 e. The van der Waals surface area contributed by atoms with Crippen LogP contribution in [0.25, 0.3) is 0 Å². The highest BCUT2D eigenvalue weighted by Gasteiger charge is 1.74. The molecule has 0 saturated carbocycles. The molecule has 0 aliphatic carbocycles. The molecular formula is C11H16. The minimum atomic E-state index is 0.963. The van der Waals surface area contributed by atoms with Gasteiger partial charge in [-0.1, -0.05) is 31.2 Å². The molecule has 0 nitrogen and oxygen atoms in total. The summed E-state index contributed by atoms with van der Waals surface area (Å²) >= 11 is 0. The van der Waals surface area contributed by atoms with Crippen LogP contribution in [0.1, 0.15) is 26.7 Å². The third-order valence-corrected chi connectivity index (χ3v) is 1.12. The normalized spacial score (nSPS) is 9.27. The maximum absolute atomic E-state index is 3.80. The highest BCUT2D eigenvalue weighted by molar-refractivity contribution is 5.06. The van der Waals surface area contributed by atoms with Gasteiger partial charge in [0, 0.05) is 0 Å². The Hall–Kier alpha value is -1.00. The molecule has 0 aromatic carbocycles. The quantitative estimate of drug-likeness (QED) is 0.324. The van der Waals surface area contributed by atoms with E-state index in [2.05, 4.69) is 25.3 Å². The topological polar surface area (TPSA) is 0 Å². The fourth-order valence-electron chi connectivity index (χ4n) is 0.579. The highest BCUT2D eigenvalue weighted by atomic mass is 13.8. The molecule has 0 N–H and O–H groups in total. The van der Waals surface area contributed by atoms with Gasteiger partial charge in [0.2, 0.25) is 0 Å². The fraction of sp³-hybridized carbons (Fsp3) is 0.364. The van der Waals surface area contributed by atoms with Gasteiger partial charge in [-0.05, 0) is 31.9 Å². The van der Waals surface area contributed by atoms with Gasteiger partial charge in [-0.2, -0.15) is 0 Å². The van der Waals surface area contributed by atoms with Crippen LogP contribution in [0.2, 0.25) is 0 Å². The fourth-order valence-corrected chi connectivity index (χ4v) is 0.579. The Labute approximate surface area is 69.6 Å². The molecule has 0 aromatic heterocycles. The van der Waals surface area contributed by atoms with Gasteiger partial charge in [-0.3, -0.25) is 0 Å². The van der Waals surface area contributed by atoms with Gasteiger partial charge in [0.1, 0.15) is 0 Å². The van der Waals surface area contributed by atoms with Gasteiger partial charge >= 0.3 is 0 Å². The maximum atomic E-state index is 3.80. The van der Waals surface area contributed by atoms with Crippen molar-refractivity contribution in [3.8, 4) is 0 Å². The summed E-state index contributed by atoms with van der Waals surface area (Å²) in [6.07, 6.45) is 10.0. The summed E-state index contributed by atoms with van der Waals surface area (Å²) in [4.78, 5) is 0. The van der Waals surface area contributed by atoms with Crippen molar-refractivity contribution >= 4 is 0 Å². The second kappa shape index (κ2) is 7.11. The Morgan fingerprint density at radius 1 is 1.55 bits per heavy atom. The molecule has 0 aliphatic rings. The summed E-state index contributed by atoms with van der Waals surface area (Å²) in [6.45, 7) is 7.92. The van der Waals surface area contributed by atoms with Gasteiger partial charge in [-0.15, -0.1) is 5.73 Å². The van der Waals surface area contributed by atoms with Crippen molar-refractivity contribution in [1.29, 1.82) is 0 Å². The third-order valence-electron chi connectivity index (χ3n) is 1.12. The molecule has 60 valence electrons. The number of hydrogen-bond donors (Lipinski definition) is 0. The van der Waals surface area contributed by atoms with E-state index in [1.165, 1.54) is 5.57 Å². The minimum Gasteiger partial charge on any atom is -0.125 e. The lowest BCUT2D eigenvalue weighted by Crippen LogP contribution is -1.64. The van der Waals surface area contributed by atoms with Gasteiger partial charge in [0.25, 0.3) is 0 Å². The molecule has 0 heteroatoms. The molecule has 0 aliphatic heterocycles. The van der Waals surface area contributed by atoms with Crippen LogP contribution in [0.4, 0.5) is 0 Å². The third kappa shape index (κ3) is 9.00. The zero-order valence-electron chi connectivity index (χ0n) is 7.43. The van der Waals surface area contributed by atoms with E-state index in [0.29, 0.717) is 0 Å². The minimum absolute atomic E-state index is 0.963. The van der Waals surface area contributed by atoms with E-state index in [1.54, 1.807) is 0 Å². The van der Waals surface area contributed by atoms with Gasteiger partial charge in [0.05, 0.1) is 0 Å². The van der Waals surface area contributed by atoms with Crippen LogP contribution in [-0.2, 0) is 0 Å². The largest absolute Gasteiger partial charge is 0.125 e. The van der Waals surface area contributed by atoms with E-state index in [-0.39, 0.29) is 0 Å². The Morgan fingerprint density at radius 3 is 2.82 bits per heavy atom. The second-order valence-corrected chi connectivity index (χ2v) is 2.54. The van der Waals surface area contributed by atoms with Crippen molar-refractivity contribution in [2.24, 2.45) is 0 Å². The van der Waals surface area contributed by atoms with E-state index in [0.717, 1.165) is 12.8 Å². The van der Waals surface area contributed by atoms with E-state index in [4.69, 9.17) is 0 Å². The summed E-state index contributed by atoms with van der Waals surface area (Å²) in [5.41, 5.74) is 4.23. The lowest BCUT2D eigenvalue weighted by molar-refractivity contribution is 1.22. The first-order valence-corrected chi connectivity index (χ1v) is 3.97. The Balaban J connectivity index is 3.60. The van der Waals surface area contributed by atoms with E-state index >= 15 is 0 Å². The standard InChI is InChI=1S/C11H16/c1-4-5-6-7-8-9-10-11(2)3/h5,7-9H,2,4,10H2,1,3H3. The number of hydrogen-bond acceptors (Lipinski definition) is 0. The summed E-state index contributed by atoms with van der Waals surface area (Å²) in [6, 6.07) is 0. The van der Waals surface area contributed by atoms with Crippen molar-refractivity contribution in [2.45, 2.75) is 26.7 Å². The van der Waals surface area contributed by atoms with Crippen LogP contribution in [0.5, 0.6) is 0 Å². The Bertz CT molecular complexity index is 188. The predicted molar refractivity (Wildman–Crippen MR) is 51.5 cm³/mol. The zero-order valence-corrected chi connectivity index (χ0v) is 7.43. The van der Waals surface area contributed by atoms with Crippen LogP contribution in [-0.4, -0.2) is 0 Å². The highest BCUT2D eigenvalue weighted by Crippen LogP contribution is 1.95. The summed E-state index contributed by atoms with van der Waals surface area (Å²) < 4.78 is 0. The van der Waals surface area contributed by atoms with Crippen molar-refractivity contribution in [3.63, 3.8) is 0 Å². The van der Waals surface area contributed by atoms with Crippen LogP contribution in [0.3, 0.4) is 0 Å². The Morgan fingerprint density at radius 2 is 2.27 bits per heavy atom. The molecule has 11 heavy (non-hydrogen) atoms. The molecule has 0 bridgehead atoms.